The van der Waals surface area contributed by atoms with Crippen molar-refractivity contribution in [2.75, 3.05) is 11.9 Å². The molecule has 0 aliphatic heterocycles. The Labute approximate surface area is 95.7 Å². The minimum Gasteiger partial charge on any atom is -0.478 e. The van der Waals surface area contributed by atoms with E-state index in [2.05, 4.69) is 31.1 Å². The summed E-state index contributed by atoms with van der Waals surface area (Å²) in [7, 11) is 0. The fourth-order valence-corrected chi connectivity index (χ4v) is 1.29. The Balaban J connectivity index is 2.64. The Morgan fingerprint density at radius 3 is 2.75 bits per heavy atom. The van der Waals surface area contributed by atoms with Crippen LogP contribution in [-0.2, 0) is 0 Å². The quantitative estimate of drug-likeness (QED) is 0.822. The highest BCUT2D eigenvalue weighted by atomic mass is 16.4. The Hall–Kier alpha value is -1.58. The van der Waals surface area contributed by atoms with Gasteiger partial charge in [-0.3, -0.25) is 4.98 Å². The monoisotopic (exact) mass is 222 g/mol. The van der Waals surface area contributed by atoms with E-state index in [4.69, 9.17) is 5.11 Å². The van der Waals surface area contributed by atoms with Gasteiger partial charge in [0.25, 0.3) is 0 Å². The second-order valence-corrected chi connectivity index (χ2v) is 4.96. The number of nitrogens with zero attached hydrogens (tertiary/aromatic N) is 1. The van der Waals surface area contributed by atoms with Gasteiger partial charge < -0.3 is 10.4 Å². The number of aromatic carboxylic acids is 1. The number of nitrogens with one attached hydrogen (secondary N) is 1. The molecule has 1 aromatic rings. The SMILES string of the molecule is CC(C)(C)CCNc1cnccc1C(=O)O. The van der Waals surface area contributed by atoms with Gasteiger partial charge >= 0.3 is 5.97 Å². The molecule has 4 nitrogen and oxygen atoms in total. The number of carbonyl (C=O) groups is 1. The molecule has 0 bridgehead atoms. The number of pyridine rings is 1. The first-order valence-electron chi connectivity index (χ1n) is 5.31. The fraction of sp³-hybridized carbons (Fsp3) is 0.500. The minimum absolute atomic E-state index is 0.235. The highest BCUT2D eigenvalue weighted by Gasteiger charge is 2.12. The lowest BCUT2D eigenvalue weighted by atomic mass is 9.92. The first-order chi connectivity index (χ1) is 7.40. The van der Waals surface area contributed by atoms with Crippen molar-refractivity contribution in [3.63, 3.8) is 0 Å². The summed E-state index contributed by atoms with van der Waals surface area (Å²) in [5.74, 6) is -0.930. The molecule has 0 unspecified atom stereocenters. The molecule has 0 atom stereocenters. The first-order valence-corrected chi connectivity index (χ1v) is 5.31. The zero-order valence-electron chi connectivity index (χ0n) is 9.95. The number of carboxylic acid groups (broad SMARTS) is 1. The number of hydrogen-bond donors (Lipinski definition) is 2. The van der Waals surface area contributed by atoms with Crippen LogP contribution in [0.25, 0.3) is 0 Å². The van der Waals surface area contributed by atoms with E-state index in [9.17, 15) is 4.79 Å². The van der Waals surface area contributed by atoms with Crippen molar-refractivity contribution in [1.82, 2.24) is 4.98 Å². The van der Waals surface area contributed by atoms with E-state index in [-0.39, 0.29) is 11.0 Å². The number of anilines is 1. The lowest BCUT2D eigenvalue weighted by Gasteiger charge is -2.18. The maximum Gasteiger partial charge on any atom is 0.337 e. The summed E-state index contributed by atoms with van der Waals surface area (Å²) in [5, 5.41) is 12.1. The summed E-state index contributed by atoms with van der Waals surface area (Å²) in [6.07, 6.45) is 4.01. The molecule has 0 radical (unpaired) electrons. The van der Waals surface area contributed by atoms with Crippen LogP contribution in [0.1, 0.15) is 37.6 Å². The number of aromatic nitrogens is 1. The zero-order chi connectivity index (χ0) is 12.2. The molecule has 0 fully saturated rings. The molecule has 4 heteroatoms. The van der Waals surface area contributed by atoms with Crippen LogP contribution >= 0.6 is 0 Å². The predicted octanol–water partition coefficient (Wildman–Crippen LogP) is 2.63. The van der Waals surface area contributed by atoms with Gasteiger partial charge in [0.15, 0.2) is 0 Å². The summed E-state index contributed by atoms with van der Waals surface area (Å²) in [6.45, 7) is 7.19. The number of carboxylic acids is 1. The summed E-state index contributed by atoms with van der Waals surface area (Å²) >= 11 is 0. The van der Waals surface area contributed by atoms with Crippen molar-refractivity contribution < 1.29 is 9.90 Å². The van der Waals surface area contributed by atoms with Crippen LogP contribution in [0.2, 0.25) is 0 Å². The standard InChI is InChI=1S/C12H18N2O2/c1-12(2,3)5-7-14-10-8-13-6-4-9(10)11(15)16/h4,6,8,14H,5,7H2,1-3H3,(H,15,16). The summed E-state index contributed by atoms with van der Waals surface area (Å²) in [6, 6.07) is 1.50. The predicted molar refractivity (Wildman–Crippen MR) is 63.8 cm³/mol. The van der Waals surface area contributed by atoms with E-state index in [1.807, 2.05) is 0 Å². The van der Waals surface area contributed by atoms with Gasteiger partial charge in [0.1, 0.15) is 0 Å². The zero-order valence-corrected chi connectivity index (χ0v) is 9.95. The highest BCUT2D eigenvalue weighted by molar-refractivity contribution is 5.93. The molecule has 0 amide bonds. The lowest BCUT2D eigenvalue weighted by molar-refractivity contribution is 0.0698. The Bertz CT molecular complexity index is 370. The molecule has 0 saturated carbocycles. The fourth-order valence-electron chi connectivity index (χ4n) is 1.29. The maximum absolute atomic E-state index is 10.9. The summed E-state index contributed by atoms with van der Waals surface area (Å²) in [5.41, 5.74) is 1.08. The Morgan fingerprint density at radius 2 is 2.19 bits per heavy atom. The number of rotatable bonds is 4. The number of hydrogen-bond acceptors (Lipinski definition) is 3. The average Bonchev–Trinajstić information content (AvgIpc) is 2.16. The Morgan fingerprint density at radius 1 is 1.50 bits per heavy atom. The van der Waals surface area contributed by atoms with Gasteiger partial charge in [0.05, 0.1) is 17.4 Å². The molecule has 0 spiro atoms. The third-order valence-corrected chi connectivity index (χ3v) is 2.24. The van der Waals surface area contributed by atoms with Crippen LogP contribution in [0.15, 0.2) is 18.5 Å². The lowest BCUT2D eigenvalue weighted by Crippen LogP contribution is -2.14. The first kappa shape index (κ1) is 12.5. The normalized spacial score (nSPS) is 11.2. The molecule has 0 aromatic carbocycles. The third kappa shape index (κ3) is 3.88. The molecule has 16 heavy (non-hydrogen) atoms. The molecule has 1 heterocycles. The van der Waals surface area contributed by atoms with E-state index in [0.717, 1.165) is 13.0 Å². The Kier molecular flexibility index (Phi) is 3.88. The van der Waals surface area contributed by atoms with Crippen molar-refractivity contribution in [3.8, 4) is 0 Å². The smallest absolute Gasteiger partial charge is 0.337 e. The topological polar surface area (TPSA) is 62.2 Å². The maximum atomic E-state index is 10.9. The minimum atomic E-state index is -0.930. The molecule has 0 aliphatic carbocycles. The highest BCUT2D eigenvalue weighted by Crippen LogP contribution is 2.19. The van der Waals surface area contributed by atoms with Gasteiger partial charge in [0.2, 0.25) is 0 Å². The molecule has 0 aliphatic rings. The van der Waals surface area contributed by atoms with Crippen molar-refractivity contribution in [1.29, 1.82) is 0 Å². The van der Waals surface area contributed by atoms with Crippen molar-refractivity contribution in [2.45, 2.75) is 27.2 Å². The van der Waals surface area contributed by atoms with Crippen molar-refractivity contribution in [3.05, 3.63) is 24.0 Å². The van der Waals surface area contributed by atoms with Crippen LogP contribution in [0.4, 0.5) is 5.69 Å². The van der Waals surface area contributed by atoms with E-state index in [1.165, 1.54) is 12.3 Å². The molecule has 1 rings (SSSR count). The van der Waals surface area contributed by atoms with E-state index in [1.54, 1.807) is 6.20 Å². The van der Waals surface area contributed by atoms with Crippen molar-refractivity contribution >= 4 is 11.7 Å². The molecule has 0 saturated heterocycles. The van der Waals surface area contributed by atoms with Crippen LogP contribution in [-0.4, -0.2) is 22.6 Å². The van der Waals surface area contributed by atoms with E-state index < -0.39 is 5.97 Å². The van der Waals surface area contributed by atoms with E-state index in [0.29, 0.717) is 5.69 Å². The molecule has 88 valence electrons. The average molecular weight is 222 g/mol. The molecular formula is C12H18N2O2. The summed E-state index contributed by atoms with van der Waals surface area (Å²) in [4.78, 5) is 14.8. The van der Waals surface area contributed by atoms with Crippen LogP contribution < -0.4 is 5.32 Å². The largest absolute Gasteiger partial charge is 0.478 e. The molecule has 2 N–H and O–H groups in total. The van der Waals surface area contributed by atoms with Gasteiger partial charge in [-0.1, -0.05) is 20.8 Å². The van der Waals surface area contributed by atoms with Crippen molar-refractivity contribution in [2.24, 2.45) is 5.41 Å². The second kappa shape index (κ2) is 4.96. The summed E-state index contributed by atoms with van der Waals surface area (Å²) < 4.78 is 0. The van der Waals surface area contributed by atoms with E-state index >= 15 is 0 Å². The van der Waals surface area contributed by atoms with Crippen LogP contribution in [0, 0.1) is 5.41 Å². The van der Waals surface area contributed by atoms with Gasteiger partial charge in [-0.25, -0.2) is 4.79 Å². The van der Waals surface area contributed by atoms with Crippen LogP contribution in [0.5, 0.6) is 0 Å². The van der Waals surface area contributed by atoms with Gasteiger partial charge in [0, 0.05) is 12.7 Å². The van der Waals surface area contributed by atoms with Gasteiger partial charge in [-0.05, 0) is 17.9 Å². The molecular weight excluding hydrogens is 204 g/mol. The van der Waals surface area contributed by atoms with Gasteiger partial charge in [-0.2, -0.15) is 0 Å². The van der Waals surface area contributed by atoms with Crippen LogP contribution in [0.3, 0.4) is 0 Å². The van der Waals surface area contributed by atoms with Gasteiger partial charge in [-0.15, -0.1) is 0 Å². The third-order valence-electron chi connectivity index (χ3n) is 2.24. The molecule has 1 aromatic heterocycles. The second-order valence-electron chi connectivity index (χ2n) is 4.96.